The molecule has 3 atom stereocenters. The number of rotatable bonds is 15. The number of carbonyl (C=O) groups excluding carboxylic acids is 2. The maximum absolute atomic E-state index is 13.8. The van der Waals surface area contributed by atoms with Gasteiger partial charge in [-0.1, -0.05) is 61.2 Å². The van der Waals surface area contributed by atoms with Gasteiger partial charge in [0.1, 0.15) is 49.3 Å². The quantitative estimate of drug-likeness (QED) is 0.0889. The summed E-state index contributed by atoms with van der Waals surface area (Å²) in [7, 11) is 3.32. The third-order valence-electron chi connectivity index (χ3n) is 8.89. The lowest BCUT2D eigenvalue weighted by Gasteiger charge is -2.52. The Morgan fingerprint density at radius 2 is 1.40 bits per heavy atom. The van der Waals surface area contributed by atoms with Gasteiger partial charge in [0.05, 0.1) is 26.2 Å². The highest BCUT2D eigenvalue weighted by Gasteiger charge is 2.58. The van der Waals surface area contributed by atoms with Crippen LogP contribution in [0.25, 0.3) is 10.8 Å². The molecule has 244 valence electrons. The number of methoxy groups -OCH3 is 2. The van der Waals surface area contributed by atoms with Crippen LogP contribution >= 0.6 is 0 Å². The van der Waals surface area contributed by atoms with Crippen molar-refractivity contribution in [1.82, 2.24) is 0 Å². The van der Waals surface area contributed by atoms with E-state index in [2.05, 4.69) is 24.8 Å². The highest BCUT2D eigenvalue weighted by Crippen LogP contribution is 2.60. The monoisotopic (exact) mass is 638 g/mol. The van der Waals surface area contributed by atoms with Crippen molar-refractivity contribution in [3.63, 3.8) is 0 Å². The molecule has 4 aromatic carbocycles. The predicted molar refractivity (Wildman–Crippen MR) is 175 cm³/mol. The Balaban J connectivity index is 1.08. The van der Waals surface area contributed by atoms with Gasteiger partial charge in [0.2, 0.25) is 0 Å². The Bertz CT molecular complexity index is 1770. The SMILES string of the molecule is C=CC(=O)OCCOCCOc1ccc(OCCOC(=O)C2CC3c4ccccc4C2(OC)c2ccc(OC)cc23)c2ccccc12. The number of fused-ring (bicyclic) bond motifs is 2. The van der Waals surface area contributed by atoms with Crippen LogP contribution in [0.15, 0.2) is 91.5 Å². The molecular formula is C38H38O9. The van der Waals surface area contributed by atoms with Gasteiger partial charge in [-0.05, 0) is 52.9 Å². The van der Waals surface area contributed by atoms with Gasteiger partial charge >= 0.3 is 11.9 Å². The normalized spacial score (nSPS) is 18.9. The zero-order valence-corrected chi connectivity index (χ0v) is 26.6. The molecule has 0 heterocycles. The van der Waals surface area contributed by atoms with Crippen LogP contribution < -0.4 is 14.2 Å². The van der Waals surface area contributed by atoms with Gasteiger partial charge in [-0.3, -0.25) is 4.79 Å². The Morgan fingerprint density at radius 1 is 0.766 bits per heavy atom. The first-order valence-corrected chi connectivity index (χ1v) is 15.7. The highest BCUT2D eigenvalue weighted by molar-refractivity contribution is 5.93. The smallest absolute Gasteiger partial charge is 0.330 e. The lowest BCUT2D eigenvalue weighted by Crippen LogP contribution is -2.52. The Morgan fingerprint density at radius 3 is 2.11 bits per heavy atom. The summed E-state index contributed by atoms with van der Waals surface area (Å²) < 4.78 is 40.1. The van der Waals surface area contributed by atoms with Crippen molar-refractivity contribution >= 4 is 22.7 Å². The molecule has 0 saturated heterocycles. The molecule has 3 unspecified atom stereocenters. The summed E-state index contributed by atoms with van der Waals surface area (Å²) in [6, 6.07) is 25.6. The van der Waals surface area contributed by atoms with E-state index in [0.29, 0.717) is 31.1 Å². The van der Waals surface area contributed by atoms with E-state index < -0.39 is 17.5 Å². The first-order valence-electron chi connectivity index (χ1n) is 15.7. The lowest BCUT2D eigenvalue weighted by molar-refractivity contribution is -0.163. The zero-order valence-electron chi connectivity index (χ0n) is 26.6. The summed E-state index contributed by atoms with van der Waals surface area (Å²) >= 11 is 0. The fourth-order valence-corrected chi connectivity index (χ4v) is 6.86. The van der Waals surface area contributed by atoms with E-state index in [1.54, 1.807) is 14.2 Å². The number of benzene rings is 4. The van der Waals surface area contributed by atoms with E-state index in [0.717, 1.165) is 39.3 Å². The molecule has 0 radical (unpaired) electrons. The summed E-state index contributed by atoms with van der Waals surface area (Å²) in [5.74, 6) is 0.845. The van der Waals surface area contributed by atoms with Crippen LogP contribution in [0.2, 0.25) is 0 Å². The van der Waals surface area contributed by atoms with Gasteiger partial charge in [-0.15, -0.1) is 0 Å². The Kier molecular flexibility index (Phi) is 9.75. The molecule has 0 N–H and O–H groups in total. The first kappa shape index (κ1) is 32.1. The second-order valence-electron chi connectivity index (χ2n) is 11.3. The van der Waals surface area contributed by atoms with Crippen LogP contribution in [-0.2, 0) is 34.1 Å². The van der Waals surface area contributed by atoms with Gasteiger partial charge in [-0.2, -0.15) is 0 Å². The largest absolute Gasteiger partial charge is 0.497 e. The highest BCUT2D eigenvalue weighted by atomic mass is 16.6. The van der Waals surface area contributed by atoms with Crippen molar-refractivity contribution in [3.05, 3.63) is 114 Å². The molecular weight excluding hydrogens is 600 g/mol. The van der Waals surface area contributed by atoms with Crippen LogP contribution in [0, 0.1) is 5.92 Å². The molecule has 2 bridgehead atoms. The van der Waals surface area contributed by atoms with Crippen molar-refractivity contribution in [2.24, 2.45) is 5.92 Å². The Hall–Kier alpha value is -4.86. The van der Waals surface area contributed by atoms with Crippen molar-refractivity contribution in [1.29, 1.82) is 0 Å². The second-order valence-corrected chi connectivity index (χ2v) is 11.3. The molecule has 0 spiro atoms. The van der Waals surface area contributed by atoms with Crippen molar-refractivity contribution in [3.8, 4) is 17.2 Å². The minimum atomic E-state index is -0.958. The van der Waals surface area contributed by atoms with Crippen molar-refractivity contribution in [2.45, 2.75) is 17.9 Å². The van der Waals surface area contributed by atoms with Crippen LogP contribution in [0.3, 0.4) is 0 Å². The molecule has 47 heavy (non-hydrogen) atoms. The average molecular weight is 639 g/mol. The van der Waals surface area contributed by atoms with E-state index >= 15 is 0 Å². The number of carbonyl (C=O) groups is 2. The molecule has 0 amide bonds. The van der Waals surface area contributed by atoms with Crippen LogP contribution in [-0.4, -0.2) is 65.8 Å². The fraction of sp³-hybridized carbons (Fsp3) is 0.316. The fourth-order valence-electron chi connectivity index (χ4n) is 6.86. The van der Waals surface area contributed by atoms with Gasteiger partial charge < -0.3 is 33.2 Å². The summed E-state index contributed by atoms with van der Waals surface area (Å²) in [5.41, 5.74) is 3.31. The average Bonchev–Trinajstić information content (AvgIpc) is 3.12. The summed E-state index contributed by atoms with van der Waals surface area (Å²) in [5, 5.41) is 1.76. The topological polar surface area (TPSA) is 98.8 Å². The standard InChI is InChI=1S/C38H38O9/c1-4-36(39)46-20-18-43-17-19-44-34-15-16-35(28-11-6-5-10-27(28)34)45-21-22-47-37(40)33-24-29-26-9-7-8-12-31(26)38(33,42-3)32-14-13-25(41-2)23-30(29)32/h4-16,23,29,33H,1,17-22,24H2,2-3H3. The molecule has 0 fully saturated rings. The minimum Gasteiger partial charge on any atom is -0.497 e. The van der Waals surface area contributed by atoms with Gasteiger partial charge in [0, 0.05) is 29.9 Å². The van der Waals surface area contributed by atoms with E-state index in [-0.39, 0.29) is 38.3 Å². The number of esters is 2. The molecule has 0 aliphatic heterocycles. The molecule has 0 aromatic heterocycles. The Labute approximate surface area is 273 Å². The minimum absolute atomic E-state index is 0.0304. The maximum Gasteiger partial charge on any atom is 0.330 e. The number of ether oxygens (including phenoxy) is 7. The molecule has 9 heteroatoms. The van der Waals surface area contributed by atoms with Crippen LogP contribution in [0.1, 0.15) is 34.6 Å². The first-order chi connectivity index (χ1) is 23.0. The van der Waals surface area contributed by atoms with Gasteiger partial charge in [0.15, 0.2) is 0 Å². The van der Waals surface area contributed by atoms with Gasteiger partial charge in [0.25, 0.3) is 0 Å². The summed E-state index contributed by atoms with van der Waals surface area (Å²) in [6.07, 6.45) is 1.69. The molecule has 3 aliphatic rings. The number of hydrogen-bond acceptors (Lipinski definition) is 9. The van der Waals surface area contributed by atoms with E-state index in [4.69, 9.17) is 33.2 Å². The molecule has 3 aliphatic carbocycles. The van der Waals surface area contributed by atoms with Crippen molar-refractivity contribution < 1.29 is 42.7 Å². The second kappa shape index (κ2) is 14.3. The lowest BCUT2D eigenvalue weighted by atomic mass is 9.56. The van der Waals surface area contributed by atoms with Crippen LogP contribution in [0.4, 0.5) is 0 Å². The predicted octanol–water partition coefficient (Wildman–Crippen LogP) is 5.95. The zero-order chi connectivity index (χ0) is 32.8. The van der Waals surface area contributed by atoms with Crippen molar-refractivity contribution in [2.75, 3.05) is 53.9 Å². The maximum atomic E-state index is 13.8. The van der Waals surface area contributed by atoms with Gasteiger partial charge in [-0.25, -0.2) is 4.79 Å². The molecule has 0 saturated carbocycles. The number of hydrogen-bond donors (Lipinski definition) is 0. The van der Waals surface area contributed by atoms with E-state index in [9.17, 15) is 9.59 Å². The van der Waals surface area contributed by atoms with Crippen LogP contribution in [0.5, 0.6) is 17.2 Å². The third-order valence-corrected chi connectivity index (χ3v) is 8.89. The van der Waals surface area contributed by atoms with E-state index in [1.807, 2.05) is 60.7 Å². The molecule has 9 nitrogen and oxygen atoms in total. The van der Waals surface area contributed by atoms with E-state index in [1.165, 1.54) is 5.56 Å². The molecule has 7 rings (SSSR count). The third kappa shape index (κ3) is 6.16. The summed E-state index contributed by atoms with van der Waals surface area (Å²) in [6.45, 7) is 4.70. The molecule has 4 aromatic rings. The summed E-state index contributed by atoms with van der Waals surface area (Å²) in [4.78, 5) is 24.8.